The molecule has 2 amide bonds. The Balaban J connectivity index is 1.96. The lowest BCUT2D eigenvalue weighted by Crippen LogP contribution is -2.40. The van der Waals surface area contributed by atoms with E-state index in [1.54, 1.807) is 9.58 Å². The Labute approximate surface area is 170 Å². The normalized spacial score (nSPS) is 16.7. The highest BCUT2D eigenvalue weighted by molar-refractivity contribution is 6.03. The van der Waals surface area contributed by atoms with Gasteiger partial charge in [0.05, 0.1) is 12.1 Å². The van der Waals surface area contributed by atoms with Crippen LogP contribution in [-0.4, -0.2) is 45.7 Å². The molecule has 1 saturated heterocycles. The molecule has 8 heteroatoms. The number of piperidine rings is 1. The van der Waals surface area contributed by atoms with Crippen molar-refractivity contribution in [1.29, 1.82) is 0 Å². The molecule has 3 rings (SSSR count). The van der Waals surface area contributed by atoms with Crippen molar-refractivity contribution in [3.05, 3.63) is 42.5 Å². The number of carbonyl (C=O) groups excluding carboxylic acids is 2. The Morgan fingerprint density at radius 2 is 2.00 bits per heavy atom. The summed E-state index contributed by atoms with van der Waals surface area (Å²) in [5.41, 5.74) is 13.2. The number of ether oxygens (including phenoxy) is 1. The van der Waals surface area contributed by atoms with E-state index in [1.807, 2.05) is 38.1 Å². The number of nitrogens with zero attached hydrogens (tertiary/aromatic N) is 3. The average Bonchev–Trinajstić information content (AvgIpc) is 3.05. The number of likely N-dealkylation sites (tertiary alicyclic amines) is 1. The van der Waals surface area contributed by atoms with E-state index in [0.29, 0.717) is 18.8 Å². The fourth-order valence-electron chi connectivity index (χ4n) is 3.62. The number of carbonyl (C=O) groups is 2. The maximum absolute atomic E-state index is 12.1. The van der Waals surface area contributed by atoms with Gasteiger partial charge in [-0.3, -0.25) is 9.59 Å². The zero-order valence-electron chi connectivity index (χ0n) is 16.8. The topological polar surface area (TPSA) is 116 Å². The van der Waals surface area contributed by atoms with E-state index in [4.69, 9.17) is 16.2 Å². The van der Waals surface area contributed by atoms with Crippen molar-refractivity contribution in [2.75, 3.05) is 18.8 Å². The summed E-state index contributed by atoms with van der Waals surface area (Å²) in [5.74, 6) is 0.174. The number of anilines is 1. The minimum absolute atomic E-state index is 0.0596. The Bertz CT molecular complexity index is 917. The third kappa shape index (κ3) is 4.26. The summed E-state index contributed by atoms with van der Waals surface area (Å²) in [6.07, 6.45) is 2.97. The van der Waals surface area contributed by atoms with Crippen LogP contribution in [0.25, 0.3) is 11.3 Å². The van der Waals surface area contributed by atoms with Crippen molar-refractivity contribution < 1.29 is 14.3 Å². The summed E-state index contributed by atoms with van der Waals surface area (Å²) in [5, 5.41) is 4.62. The van der Waals surface area contributed by atoms with Crippen LogP contribution in [0.4, 0.5) is 5.82 Å². The minimum atomic E-state index is -0.638. The summed E-state index contributed by atoms with van der Waals surface area (Å²) in [6, 6.07) is 7.15. The predicted octanol–water partition coefficient (Wildman–Crippen LogP) is 2.37. The molecular weight excluding hydrogens is 370 g/mol. The summed E-state index contributed by atoms with van der Waals surface area (Å²) in [6.45, 7) is 8.56. The molecule has 1 fully saturated rings. The second kappa shape index (κ2) is 8.38. The number of primary amides is 1. The second-order valence-corrected chi connectivity index (χ2v) is 7.39. The number of aromatic nitrogens is 2. The van der Waals surface area contributed by atoms with Crippen LogP contribution in [0.15, 0.2) is 36.9 Å². The molecule has 1 aliphatic rings. The molecule has 4 N–H and O–H groups in total. The summed E-state index contributed by atoms with van der Waals surface area (Å²) in [7, 11) is 0. The van der Waals surface area contributed by atoms with Crippen LogP contribution in [0.3, 0.4) is 0 Å². The highest BCUT2D eigenvalue weighted by atomic mass is 16.5. The van der Waals surface area contributed by atoms with E-state index in [-0.39, 0.29) is 29.4 Å². The third-order valence-electron chi connectivity index (χ3n) is 4.92. The van der Waals surface area contributed by atoms with Crippen LogP contribution in [0.2, 0.25) is 0 Å². The standard InChI is InChI=1S/C21H27N5O3/c1-4-17(27)25-11-5-6-15(12-25)26-20(22)18(21(23)28)19(24-26)14-7-9-16(10-8-14)29-13(2)3/h4,7-10,13,15H,1,5-6,11-12,22H2,2-3H3,(H2,23,28)/t15-/m1/s1. The Morgan fingerprint density at radius 3 is 2.59 bits per heavy atom. The van der Waals surface area contributed by atoms with Gasteiger partial charge in [-0.25, -0.2) is 4.68 Å². The number of nitrogens with two attached hydrogens (primary N) is 2. The highest BCUT2D eigenvalue weighted by Crippen LogP contribution is 2.32. The lowest BCUT2D eigenvalue weighted by atomic mass is 10.1. The van der Waals surface area contributed by atoms with Crippen molar-refractivity contribution in [2.45, 2.75) is 38.8 Å². The van der Waals surface area contributed by atoms with Gasteiger partial charge in [-0.1, -0.05) is 6.58 Å². The zero-order valence-corrected chi connectivity index (χ0v) is 16.8. The van der Waals surface area contributed by atoms with Crippen molar-refractivity contribution in [3.63, 3.8) is 0 Å². The first-order valence-electron chi connectivity index (χ1n) is 9.68. The Hall–Kier alpha value is -3.29. The minimum Gasteiger partial charge on any atom is -0.491 e. The fourth-order valence-corrected chi connectivity index (χ4v) is 3.62. The molecule has 0 radical (unpaired) electrons. The molecule has 0 aliphatic carbocycles. The van der Waals surface area contributed by atoms with Crippen LogP contribution in [0.1, 0.15) is 43.1 Å². The van der Waals surface area contributed by atoms with Gasteiger partial charge in [-0.2, -0.15) is 5.10 Å². The number of nitrogen functional groups attached to an aromatic ring is 1. The van der Waals surface area contributed by atoms with Crippen molar-refractivity contribution in [3.8, 4) is 17.0 Å². The average molecular weight is 397 g/mol. The van der Waals surface area contributed by atoms with E-state index >= 15 is 0 Å². The first-order chi connectivity index (χ1) is 13.8. The van der Waals surface area contributed by atoms with Crippen molar-refractivity contribution in [1.82, 2.24) is 14.7 Å². The van der Waals surface area contributed by atoms with Gasteiger partial charge in [0.15, 0.2) is 0 Å². The highest BCUT2D eigenvalue weighted by Gasteiger charge is 2.29. The summed E-state index contributed by atoms with van der Waals surface area (Å²) < 4.78 is 7.29. The molecule has 1 aliphatic heterocycles. The zero-order chi connectivity index (χ0) is 21.1. The first-order valence-corrected chi connectivity index (χ1v) is 9.68. The van der Waals surface area contributed by atoms with E-state index in [0.717, 1.165) is 24.2 Å². The summed E-state index contributed by atoms with van der Waals surface area (Å²) >= 11 is 0. The maximum atomic E-state index is 12.1. The van der Waals surface area contributed by atoms with Crippen LogP contribution in [0, 0.1) is 0 Å². The molecule has 0 unspecified atom stereocenters. The van der Waals surface area contributed by atoms with Crippen LogP contribution in [-0.2, 0) is 4.79 Å². The molecule has 1 atom stereocenters. The van der Waals surface area contributed by atoms with Gasteiger partial charge in [0.1, 0.15) is 22.8 Å². The fraction of sp³-hybridized carbons (Fsp3) is 0.381. The van der Waals surface area contributed by atoms with E-state index in [1.165, 1.54) is 6.08 Å². The lowest BCUT2D eigenvalue weighted by Gasteiger charge is -2.32. The SMILES string of the molecule is C=CC(=O)N1CCC[C@@H](n2nc(-c3ccc(OC(C)C)cc3)c(C(N)=O)c2N)C1. The van der Waals surface area contributed by atoms with Crippen LogP contribution < -0.4 is 16.2 Å². The molecule has 2 heterocycles. The number of amides is 2. The second-order valence-electron chi connectivity index (χ2n) is 7.39. The van der Waals surface area contributed by atoms with Gasteiger partial charge in [0.2, 0.25) is 5.91 Å². The predicted molar refractivity (Wildman–Crippen MR) is 111 cm³/mol. The molecular formula is C21H27N5O3. The Morgan fingerprint density at radius 1 is 1.31 bits per heavy atom. The maximum Gasteiger partial charge on any atom is 0.254 e. The lowest BCUT2D eigenvalue weighted by molar-refractivity contribution is -0.127. The monoisotopic (exact) mass is 397 g/mol. The molecule has 8 nitrogen and oxygen atoms in total. The van der Waals surface area contributed by atoms with Gasteiger partial charge >= 0.3 is 0 Å². The number of rotatable bonds is 6. The van der Waals surface area contributed by atoms with Crippen LogP contribution >= 0.6 is 0 Å². The van der Waals surface area contributed by atoms with E-state index in [9.17, 15) is 9.59 Å². The molecule has 0 saturated carbocycles. The van der Waals surface area contributed by atoms with Gasteiger partial charge < -0.3 is 21.1 Å². The molecule has 0 bridgehead atoms. The Kier molecular flexibility index (Phi) is 5.91. The quantitative estimate of drug-likeness (QED) is 0.726. The molecule has 0 spiro atoms. The number of hydrogen-bond donors (Lipinski definition) is 2. The third-order valence-corrected chi connectivity index (χ3v) is 4.92. The molecule has 29 heavy (non-hydrogen) atoms. The van der Waals surface area contributed by atoms with E-state index < -0.39 is 5.91 Å². The number of benzene rings is 1. The molecule has 2 aromatic rings. The van der Waals surface area contributed by atoms with Gasteiger partial charge in [0, 0.05) is 18.7 Å². The largest absolute Gasteiger partial charge is 0.491 e. The van der Waals surface area contributed by atoms with Crippen molar-refractivity contribution >= 4 is 17.6 Å². The van der Waals surface area contributed by atoms with Gasteiger partial charge in [-0.15, -0.1) is 0 Å². The molecule has 1 aromatic carbocycles. The molecule has 1 aromatic heterocycles. The van der Waals surface area contributed by atoms with Crippen LogP contribution in [0.5, 0.6) is 5.75 Å². The molecule has 154 valence electrons. The number of hydrogen-bond acceptors (Lipinski definition) is 5. The smallest absolute Gasteiger partial charge is 0.254 e. The van der Waals surface area contributed by atoms with Gasteiger partial charge in [-0.05, 0) is 57.0 Å². The van der Waals surface area contributed by atoms with Crippen molar-refractivity contribution in [2.24, 2.45) is 5.73 Å². The van der Waals surface area contributed by atoms with E-state index in [2.05, 4.69) is 11.7 Å². The first kappa shape index (κ1) is 20.4. The van der Waals surface area contributed by atoms with Gasteiger partial charge in [0.25, 0.3) is 5.91 Å². The summed E-state index contributed by atoms with van der Waals surface area (Å²) in [4.78, 5) is 25.8.